The summed E-state index contributed by atoms with van der Waals surface area (Å²) in [6, 6.07) is 7.30. The number of fused-ring (bicyclic) bond motifs is 3. The second kappa shape index (κ2) is 11.3. The topological polar surface area (TPSA) is 97.4 Å². The summed E-state index contributed by atoms with van der Waals surface area (Å²) in [5, 5.41) is 0. The molecule has 8 nitrogen and oxygen atoms in total. The van der Waals surface area contributed by atoms with Crippen molar-refractivity contribution < 1.29 is 38.1 Å². The third-order valence-corrected chi connectivity index (χ3v) is 7.13. The Labute approximate surface area is 221 Å². The lowest BCUT2D eigenvalue weighted by molar-refractivity contribution is -0.135. The molecule has 38 heavy (non-hydrogen) atoms. The first kappa shape index (κ1) is 25.8. The van der Waals surface area contributed by atoms with Crippen molar-refractivity contribution in [3.8, 4) is 23.0 Å². The maximum atomic E-state index is 13.6. The highest BCUT2D eigenvalue weighted by Gasteiger charge is 2.36. The molecule has 8 heteroatoms. The molecule has 0 saturated heterocycles. The third-order valence-electron chi connectivity index (χ3n) is 7.13. The maximum Gasteiger partial charge on any atom is 0.342 e. The van der Waals surface area contributed by atoms with Crippen molar-refractivity contribution in [3.05, 3.63) is 52.6 Å². The van der Waals surface area contributed by atoms with Crippen molar-refractivity contribution in [3.63, 3.8) is 0 Å². The van der Waals surface area contributed by atoms with E-state index in [-0.39, 0.29) is 24.3 Å². The van der Waals surface area contributed by atoms with Crippen LogP contribution in [0, 0.1) is 0 Å². The van der Waals surface area contributed by atoms with Gasteiger partial charge in [0.2, 0.25) is 0 Å². The molecule has 0 spiro atoms. The second-order valence-corrected chi connectivity index (χ2v) is 9.86. The average Bonchev–Trinajstić information content (AvgIpc) is 2.90. The molecule has 0 saturated carbocycles. The monoisotopic (exact) mass is 520 g/mol. The summed E-state index contributed by atoms with van der Waals surface area (Å²) in [4.78, 5) is 38.4. The first-order chi connectivity index (χ1) is 18.4. The standard InChI is InChI=1S/C30H32O8/c1-18-7-6-10-21(31)9-5-3-4-8-20-16-25-28(29(34-2)27(20)30(33)37-18)22(17-26(32)38-25)19-11-12-23-24(15-19)36-14-13-35-23/h4,8,11-12,15-16,18,22H,3,5-7,9-10,13-14,17H2,1-2H3/b8-4+/t18-,22?/m0/s1. The normalized spacial score (nSPS) is 22.7. The number of carbonyl (C=O) groups is 3. The zero-order valence-electron chi connectivity index (χ0n) is 21.7. The van der Waals surface area contributed by atoms with Gasteiger partial charge in [-0.2, -0.15) is 0 Å². The maximum absolute atomic E-state index is 13.6. The number of hydrogen-bond acceptors (Lipinski definition) is 8. The van der Waals surface area contributed by atoms with Gasteiger partial charge in [-0.1, -0.05) is 18.2 Å². The molecule has 3 aliphatic rings. The summed E-state index contributed by atoms with van der Waals surface area (Å²) >= 11 is 0. The van der Waals surface area contributed by atoms with E-state index in [1.807, 2.05) is 37.3 Å². The minimum absolute atomic E-state index is 0.0805. The molecule has 0 fully saturated rings. The minimum atomic E-state index is -0.516. The number of Topliss-reactive ketones (excluding diaryl/α,β-unsaturated/α-hetero) is 1. The number of allylic oxidation sites excluding steroid dienone is 1. The number of rotatable bonds is 2. The largest absolute Gasteiger partial charge is 0.495 e. The Bertz CT molecular complexity index is 1280. The first-order valence-electron chi connectivity index (χ1n) is 13.2. The Morgan fingerprint density at radius 1 is 0.947 bits per heavy atom. The minimum Gasteiger partial charge on any atom is -0.495 e. The predicted molar refractivity (Wildman–Crippen MR) is 139 cm³/mol. The molecule has 0 N–H and O–H groups in total. The Morgan fingerprint density at radius 2 is 1.74 bits per heavy atom. The van der Waals surface area contributed by atoms with Crippen LogP contribution in [0.2, 0.25) is 0 Å². The van der Waals surface area contributed by atoms with Crippen molar-refractivity contribution in [2.75, 3.05) is 20.3 Å². The average molecular weight is 521 g/mol. The summed E-state index contributed by atoms with van der Waals surface area (Å²) in [6.45, 7) is 2.75. The van der Waals surface area contributed by atoms with Crippen LogP contribution < -0.4 is 18.9 Å². The van der Waals surface area contributed by atoms with Gasteiger partial charge in [0.15, 0.2) is 11.5 Å². The molecule has 0 aromatic heterocycles. The van der Waals surface area contributed by atoms with Gasteiger partial charge in [-0.05, 0) is 61.9 Å². The van der Waals surface area contributed by atoms with E-state index in [1.54, 1.807) is 6.07 Å². The molecular formula is C30H32O8. The van der Waals surface area contributed by atoms with E-state index in [4.69, 9.17) is 23.7 Å². The number of ketones is 1. The third kappa shape index (κ3) is 5.39. The van der Waals surface area contributed by atoms with Crippen LogP contribution in [0.3, 0.4) is 0 Å². The van der Waals surface area contributed by atoms with Gasteiger partial charge < -0.3 is 23.7 Å². The molecule has 3 aliphatic heterocycles. The van der Waals surface area contributed by atoms with E-state index in [9.17, 15) is 14.4 Å². The van der Waals surface area contributed by atoms with E-state index < -0.39 is 11.9 Å². The second-order valence-electron chi connectivity index (χ2n) is 9.86. The van der Waals surface area contributed by atoms with Crippen molar-refractivity contribution >= 4 is 23.8 Å². The number of benzene rings is 2. The number of ether oxygens (including phenoxy) is 5. The Kier molecular flexibility index (Phi) is 7.67. The fraction of sp³-hybridized carbons (Fsp3) is 0.433. The van der Waals surface area contributed by atoms with Crippen LogP contribution in [-0.4, -0.2) is 44.1 Å². The summed E-state index contributed by atoms with van der Waals surface area (Å²) in [5.41, 5.74) is 2.28. The highest BCUT2D eigenvalue weighted by molar-refractivity contribution is 5.99. The van der Waals surface area contributed by atoms with Gasteiger partial charge >= 0.3 is 11.9 Å². The van der Waals surface area contributed by atoms with Crippen LogP contribution in [0.25, 0.3) is 6.08 Å². The molecule has 2 atom stereocenters. The molecule has 1 unspecified atom stereocenters. The van der Waals surface area contributed by atoms with Crippen molar-refractivity contribution in [1.29, 1.82) is 0 Å². The number of carbonyl (C=O) groups excluding carboxylic acids is 3. The lowest BCUT2D eigenvalue weighted by Gasteiger charge is -2.29. The number of esters is 2. The van der Waals surface area contributed by atoms with Gasteiger partial charge in [0, 0.05) is 24.3 Å². The van der Waals surface area contributed by atoms with Crippen LogP contribution in [-0.2, 0) is 14.3 Å². The summed E-state index contributed by atoms with van der Waals surface area (Å²) in [5.74, 6) is 0.850. The van der Waals surface area contributed by atoms with Gasteiger partial charge in [0.1, 0.15) is 36.1 Å². The van der Waals surface area contributed by atoms with Crippen LogP contribution >= 0.6 is 0 Å². The fourth-order valence-corrected chi connectivity index (χ4v) is 5.27. The van der Waals surface area contributed by atoms with Crippen LogP contribution in [0.4, 0.5) is 0 Å². The quantitative estimate of drug-likeness (QED) is 0.384. The molecule has 0 radical (unpaired) electrons. The lowest BCUT2D eigenvalue weighted by atomic mass is 9.83. The molecule has 0 aliphatic carbocycles. The highest BCUT2D eigenvalue weighted by atomic mass is 16.6. The molecule has 5 rings (SSSR count). The number of hydrogen-bond donors (Lipinski definition) is 0. The van der Waals surface area contributed by atoms with Gasteiger partial charge in [0.25, 0.3) is 0 Å². The Hall–Kier alpha value is -3.81. The van der Waals surface area contributed by atoms with Gasteiger partial charge in [-0.3, -0.25) is 9.59 Å². The van der Waals surface area contributed by atoms with Crippen molar-refractivity contribution in [1.82, 2.24) is 0 Å². The van der Waals surface area contributed by atoms with Crippen LogP contribution in [0.5, 0.6) is 23.0 Å². The zero-order chi connectivity index (χ0) is 26.6. The number of methoxy groups -OCH3 is 1. The fourth-order valence-electron chi connectivity index (χ4n) is 5.27. The van der Waals surface area contributed by atoms with Crippen molar-refractivity contribution in [2.45, 2.75) is 63.9 Å². The summed E-state index contributed by atoms with van der Waals surface area (Å²) < 4.78 is 28.8. The molecule has 2 aromatic carbocycles. The van der Waals surface area contributed by atoms with E-state index in [1.165, 1.54) is 7.11 Å². The molecule has 3 heterocycles. The molecule has 2 aromatic rings. The molecule has 0 amide bonds. The predicted octanol–water partition coefficient (Wildman–Crippen LogP) is 5.39. The smallest absolute Gasteiger partial charge is 0.342 e. The molecule has 0 bridgehead atoms. The van der Waals surface area contributed by atoms with Crippen LogP contribution in [0.1, 0.15) is 84.8 Å². The molecular weight excluding hydrogens is 488 g/mol. The SMILES string of the molecule is COc1c2c(cc3c1C(c1ccc4c(c1)OCCO4)CC(=O)O3)/C=C/CCCC(=O)CCC[C@H](C)OC2=O. The van der Waals surface area contributed by atoms with E-state index in [2.05, 4.69) is 0 Å². The van der Waals surface area contributed by atoms with Crippen LogP contribution in [0.15, 0.2) is 30.3 Å². The van der Waals surface area contributed by atoms with Gasteiger partial charge in [-0.25, -0.2) is 4.79 Å². The first-order valence-corrected chi connectivity index (χ1v) is 13.2. The lowest BCUT2D eigenvalue weighted by Crippen LogP contribution is -2.24. The Morgan fingerprint density at radius 3 is 2.55 bits per heavy atom. The Balaban J connectivity index is 1.62. The summed E-state index contributed by atoms with van der Waals surface area (Å²) in [6.07, 6.45) is 7.11. The van der Waals surface area contributed by atoms with E-state index >= 15 is 0 Å². The van der Waals surface area contributed by atoms with E-state index in [0.717, 1.165) is 12.0 Å². The zero-order valence-corrected chi connectivity index (χ0v) is 21.7. The van der Waals surface area contributed by atoms with Gasteiger partial charge in [-0.15, -0.1) is 0 Å². The van der Waals surface area contributed by atoms with Crippen molar-refractivity contribution in [2.24, 2.45) is 0 Å². The number of cyclic esters (lactones) is 1. The highest BCUT2D eigenvalue weighted by Crippen LogP contribution is 2.48. The summed E-state index contributed by atoms with van der Waals surface area (Å²) in [7, 11) is 1.50. The van der Waals surface area contributed by atoms with Gasteiger partial charge in [0.05, 0.1) is 19.6 Å². The van der Waals surface area contributed by atoms with E-state index in [0.29, 0.717) is 85.0 Å². The molecule has 200 valence electrons.